The predicted molar refractivity (Wildman–Crippen MR) is 72.4 cm³/mol. The van der Waals surface area contributed by atoms with E-state index in [1.54, 1.807) is 0 Å². The van der Waals surface area contributed by atoms with E-state index in [0.29, 0.717) is 18.4 Å². The number of Topliss-reactive ketones (excluding diaryl/α,β-unsaturated/α-hetero) is 1. The molecular weight excluding hydrogens is 224 g/mol. The molecule has 0 heterocycles. The van der Waals surface area contributed by atoms with Crippen LogP contribution in [0.25, 0.3) is 16.3 Å². The van der Waals surface area contributed by atoms with Crippen molar-refractivity contribution in [1.29, 1.82) is 0 Å². The molecule has 3 rings (SSSR count). The molecule has 1 aliphatic rings. The van der Waals surface area contributed by atoms with Crippen molar-refractivity contribution in [3.8, 4) is 0 Å². The second-order valence-corrected chi connectivity index (χ2v) is 4.66. The van der Waals surface area contributed by atoms with Crippen LogP contribution in [0.3, 0.4) is 0 Å². The quantitative estimate of drug-likeness (QED) is 0.819. The van der Waals surface area contributed by atoms with Crippen molar-refractivity contribution < 1.29 is 9.90 Å². The third-order valence-electron chi connectivity index (χ3n) is 3.42. The molecule has 1 N–H and O–H groups in total. The van der Waals surface area contributed by atoms with Gasteiger partial charge in [0.25, 0.3) is 0 Å². The number of hydrogen-bond donors (Lipinski definition) is 1. The van der Waals surface area contributed by atoms with Crippen LogP contribution in [0.4, 0.5) is 0 Å². The average molecular weight is 238 g/mol. The summed E-state index contributed by atoms with van der Waals surface area (Å²) in [6, 6.07) is 13.9. The lowest BCUT2D eigenvalue weighted by molar-refractivity contribution is -0.114. The Morgan fingerprint density at radius 1 is 0.944 bits per heavy atom. The zero-order valence-corrected chi connectivity index (χ0v) is 10.0. The molecule has 0 saturated heterocycles. The molecule has 18 heavy (non-hydrogen) atoms. The summed E-state index contributed by atoms with van der Waals surface area (Å²) in [5.41, 5.74) is 1.34. The van der Waals surface area contributed by atoms with E-state index in [-0.39, 0.29) is 11.5 Å². The number of aliphatic hydroxyl groups excluding tert-OH is 1. The molecule has 0 bridgehead atoms. The predicted octanol–water partition coefficient (Wildman–Crippen LogP) is 3.86. The van der Waals surface area contributed by atoms with Crippen LogP contribution in [0, 0.1) is 0 Å². The van der Waals surface area contributed by atoms with Gasteiger partial charge < -0.3 is 5.11 Å². The highest BCUT2D eigenvalue weighted by Gasteiger charge is 2.21. The minimum Gasteiger partial charge on any atom is -0.512 e. The number of rotatable bonds is 1. The molecule has 2 nitrogen and oxygen atoms in total. The number of allylic oxidation sites excluding steroid dienone is 2. The van der Waals surface area contributed by atoms with Crippen LogP contribution in [0.1, 0.15) is 24.8 Å². The fourth-order valence-corrected chi connectivity index (χ4v) is 2.50. The summed E-state index contributed by atoms with van der Waals surface area (Å²) in [4.78, 5) is 11.9. The number of benzene rings is 2. The Morgan fingerprint density at radius 2 is 1.72 bits per heavy atom. The van der Waals surface area contributed by atoms with Crippen molar-refractivity contribution in [3.63, 3.8) is 0 Å². The van der Waals surface area contributed by atoms with Gasteiger partial charge in [0, 0.05) is 12.8 Å². The molecule has 0 amide bonds. The number of hydrogen-bond acceptors (Lipinski definition) is 2. The van der Waals surface area contributed by atoms with Gasteiger partial charge in [-0.05, 0) is 28.8 Å². The molecule has 0 fully saturated rings. The van der Waals surface area contributed by atoms with Gasteiger partial charge in [0.15, 0.2) is 5.78 Å². The van der Waals surface area contributed by atoms with E-state index in [4.69, 9.17) is 0 Å². The second kappa shape index (κ2) is 4.30. The summed E-state index contributed by atoms with van der Waals surface area (Å²) in [5, 5.41) is 12.2. The molecule has 2 aromatic carbocycles. The van der Waals surface area contributed by atoms with Crippen molar-refractivity contribution in [1.82, 2.24) is 0 Å². The second-order valence-electron chi connectivity index (χ2n) is 4.66. The lowest BCUT2D eigenvalue weighted by Gasteiger charge is -2.15. The highest BCUT2D eigenvalue weighted by atomic mass is 16.3. The minimum atomic E-state index is 0.0500. The maximum atomic E-state index is 11.9. The normalized spacial score (nSPS) is 16.3. The fourth-order valence-electron chi connectivity index (χ4n) is 2.50. The first-order chi connectivity index (χ1) is 8.75. The molecule has 0 aromatic heterocycles. The molecule has 0 unspecified atom stereocenters. The Morgan fingerprint density at radius 3 is 2.50 bits per heavy atom. The van der Waals surface area contributed by atoms with Crippen LogP contribution >= 0.6 is 0 Å². The molecule has 1 aliphatic carbocycles. The summed E-state index contributed by atoms with van der Waals surface area (Å²) >= 11 is 0. The van der Waals surface area contributed by atoms with Crippen LogP contribution in [0.2, 0.25) is 0 Å². The van der Waals surface area contributed by atoms with Crippen LogP contribution in [-0.4, -0.2) is 10.9 Å². The maximum absolute atomic E-state index is 11.9. The van der Waals surface area contributed by atoms with E-state index >= 15 is 0 Å². The van der Waals surface area contributed by atoms with Crippen molar-refractivity contribution >= 4 is 22.1 Å². The molecular formula is C16H14O2. The van der Waals surface area contributed by atoms with Gasteiger partial charge in [-0.1, -0.05) is 36.4 Å². The van der Waals surface area contributed by atoms with E-state index in [0.717, 1.165) is 22.8 Å². The Kier molecular flexibility index (Phi) is 2.63. The summed E-state index contributed by atoms with van der Waals surface area (Å²) in [6.45, 7) is 0. The lowest BCUT2D eigenvalue weighted by Crippen LogP contribution is -2.10. The Bertz CT molecular complexity index is 653. The summed E-state index contributed by atoms with van der Waals surface area (Å²) in [6.07, 6.45) is 1.89. The van der Waals surface area contributed by atoms with Crippen LogP contribution in [0.5, 0.6) is 0 Å². The molecule has 0 atom stereocenters. The molecule has 0 radical (unpaired) electrons. The van der Waals surface area contributed by atoms with Crippen molar-refractivity contribution in [2.45, 2.75) is 19.3 Å². The monoisotopic (exact) mass is 238 g/mol. The van der Waals surface area contributed by atoms with Gasteiger partial charge in [0.05, 0.1) is 5.57 Å². The number of ketones is 1. The first kappa shape index (κ1) is 11.0. The van der Waals surface area contributed by atoms with Crippen LogP contribution < -0.4 is 0 Å². The molecule has 0 saturated carbocycles. The Labute approximate surface area is 106 Å². The van der Waals surface area contributed by atoms with Gasteiger partial charge in [-0.3, -0.25) is 4.79 Å². The Balaban J connectivity index is 2.17. The van der Waals surface area contributed by atoms with Crippen LogP contribution in [-0.2, 0) is 4.79 Å². The molecule has 2 heteroatoms. The van der Waals surface area contributed by atoms with Gasteiger partial charge in [-0.15, -0.1) is 0 Å². The maximum Gasteiger partial charge on any atom is 0.166 e. The lowest BCUT2D eigenvalue weighted by atomic mass is 9.90. The number of aliphatic hydroxyl groups is 1. The van der Waals surface area contributed by atoms with Crippen LogP contribution in [0.15, 0.2) is 48.2 Å². The third kappa shape index (κ3) is 1.80. The van der Waals surface area contributed by atoms with Gasteiger partial charge in [0.2, 0.25) is 0 Å². The van der Waals surface area contributed by atoms with Crippen molar-refractivity contribution in [3.05, 3.63) is 53.8 Å². The number of carbonyl (C=O) groups excluding carboxylic acids is 1. The summed E-state index contributed by atoms with van der Waals surface area (Å²) in [7, 11) is 0. The standard InChI is InChI=1S/C16H14O2/c17-14-6-3-7-15(18)16(14)13-9-8-11-4-1-2-5-12(11)10-13/h1-2,4-5,8-10,17H,3,6-7H2. The van der Waals surface area contributed by atoms with Crippen molar-refractivity contribution in [2.24, 2.45) is 0 Å². The number of carbonyl (C=O) groups is 1. The van der Waals surface area contributed by atoms with Gasteiger partial charge in [0.1, 0.15) is 5.76 Å². The van der Waals surface area contributed by atoms with E-state index in [1.807, 2.05) is 42.5 Å². The van der Waals surface area contributed by atoms with Gasteiger partial charge >= 0.3 is 0 Å². The van der Waals surface area contributed by atoms with Gasteiger partial charge in [-0.2, -0.15) is 0 Å². The Hall–Kier alpha value is -2.09. The number of fused-ring (bicyclic) bond motifs is 1. The molecule has 90 valence electrons. The average Bonchev–Trinajstić information content (AvgIpc) is 2.38. The SMILES string of the molecule is O=C1CCCC(O)=C1c1ccc2ccccc2c1. The first-order valence-corrected chi connectivity index (χ1v) is 6.20. The zero-order valence-electron chi connectivity index (χ0n) is 10.0. The minimum absolute atomic E-state index is 0.0500. The van der Waals surface area contributed by atoms with Crippen molar-refractivity contribution in [2.75, 3.05) is 0 Å². The molecule has 0 spiro atoms. The van der Waals surface area contributed by atoms with E-state index in [9.17, 15) is 9.90 Å². The van der Waals surface area contributed by atoms with E-state index in [2.05, 4.69) is 0 Å². The summed E-state index contributed by atoms with van der Waals surface area (Å²) in [5.74, 6) is 0.288. The highest BCUT2D eigenvalue weighted by Crippen LogP contribution is 2.30. The fraction of sp³-hybridized carbons (Fsp3) is 0.188. The van der Waals surface area contributed by atoms with Gasteiger partial charge in [-0.25, -0.2) is 0 Å². The molecule has 2 aromatic rings. The largest absolute Gasteiger partial charge is 0.512 e. The first-order valence-electron chi connectivity index (χ1n) is 6.20. The highest BCUT2D eigenvalue weighted by molar-refractivity contribution is 6.22. The molecule has 0 aliphatic heterocycles. The smallest absolute Gasteiger partial charge is 0.166 e. The summed E-state index contributed by atoms with van der Waals surface area (Å²) < 4.78 is 0. The zero-order chi connectivity index (χ0) is 12.5. The third-order valence-corrected chi connectivity index (χ3v) is 3.42. The van der Waals surface area contributed by atoms with E-state index in [1.165, 1.54) is 0 Å². The topological polar surface area (TPSA) is 37.3 Å². The van der Waals surface area contributed by atoms with E-state index < -0.39 is 0 Å².